The number of anilines is 1. The molecule has 0 heterocycles. The first-order valence-corrected chi connectivity index (χ1v) is 12.1. The number of terminal acetylenes is 1. The first-order valence-electron chi connectivity index (χ1n) is 12.1. The van der Waals surface area contributed by atoms with E-state index in [4.69, 9.17) is 15.9 Å². The maximum atomic E-state index is 13.8. The Morgan fingerprint density at radius 1 is 1.00 bits per heavy atom. The van der Waals surface area contributed by atoms with Gasteiger partial charge in [-0.25, -0.2) is 4.79 Å². The fourth-order valence-electron chi connectivity index (χ4n) is 3.83. The number of nitrogens with zero attached hydrogens (tertiary/aromatic N) is 1. The predicted octanol–water partition coefficient (Wildman–Crippen LogP) is 4.96. The second-order valence-corrected chi connectivity index (χ2v) is 10.2. The number of ether oxygens (including phenoxy) is 2. The topological polar surface area (TPSA) is 97.0 Å². The minimum Gasteiger partial charge on any atom is -0.497 e. The van der Waals surface area contributed by atoms with Crippen LogP contribution in [0.3, 0.4) is 0 Å². The highest BCUT2D eigenvalue weighted by atomic mass is 16.6. The van der Waals surface area contributed by atoms with Gasteiger partial charge in [0, 0.05) is 11.7 Å². The highest BCUT2D eigenvalue weighted by molar-refractivity contribution is 5.99. The lowest BCUT2D eigenvalue weighted by Gasteiger charge is -2.32. The quantitative estimate of drug-likeness (QED) is 0.389. The molecular formula is C29H37N3O5. The summed E-state index contributed by atoms with van der Waals surface area (Å²) < 4.78 is 10.5. The molecule has 2 rings (SSSR count). The molecule has 2 aromatic carbocycles. The van der Waals surface area contributed by atoms with Crippen molar-refractivity contribution >= 4 is 23.6 Å². The lowest BCUT2D eigenvalue weighted by Crippen LogP contribution is -2.53. The molecule has 37 heavy (non-hydrogen) atoms. The number of methoxy groups -OCH3 is 1. The number of rotatable bonds is 8. The Labute approximate surface area is 219 Å². The van der Waals surface area contributed by atoms with E-state index in [1.165, 1.54) is 0 Å². The summed E-state index contributed by atoms with van der Waals surface area (Å²) in [6, 6.07) is 12.6. The monoisotopic (exact) mass is 507 g/mol. The number of hydrogen-bond donors (Lipinski definition) is 2. The van der Waals surface area contributed by atoms with Crippen molar-refractivity contribution in [2.75, 3.05) is 12.4 Å². The third-order valence-corrected chi connectivity index (χ3v) is 5.41. The summed E-state index contributed by atoms with van der Waals surface area (Å²) in [7, 11) is 1.55. The summed E-state index contributed by atoms with van der Waals surface area (Å²) in [6.45, 7) is 12.5. The molecule has 2 N–H and O–H groups in total. The molecule has 3 amide bonds. The average Bonchev–Trinajstić information content (AvgIpc) is 2.78. The van der Waals surface area contributed by atoms with Crippen LogP contribution >= 0.6 is 0 Å². The highest BCUT2D eigenvalue weighted by Crippen LogP contribution is 2.27. The fraction of sp³-hybridized carbons (Fsp3) is 0.414. The Bertz CT molecular complexity index is 1140. The Morgan fingerprint density at radius 2 is 1.57 bits per heavy atom. The van der Waals surface area contributed by atoms with E-state index in [-0.39, 0.29) is 5.92 Å². The van der Waals surface area contributed by atoms with Crippen molar-refractivity contribution in [3.8, 4) is 18.2 Å². The van der Waals surface area contributed by atoms with Crippen molar-refractivity contribution in [1.29, 1.82) is 0 Å². The highest BCUT2D eigenvalue weighted by Gasteiger charge is 2.37. The van der Waals surface area contributed by atoms with Crippen molar-refractivity contribution in [2.45, 2.75) is 66.2 Å². The van der Waals surface area contributed by atoms with Gasteiger partial charge >= 0.3 is 6.09 Å². The zero-order valence-electron chi connectivity index (χ0n) is 22.8. The van der Waals surface area contributed by atoms with Crippen LogP contribution in [-0.2, 0) is 14.3 Å². The third-order valence-electron chi connectivity index (χ3n) is 5.41. The maximum Gasteiger partial charge on any atom is 0.408 e. The summed E-state index contributed by atoms with van der Waals surface area (Å²) >= 11 is 0. The molecular weight excluding hydrogens is 470 g/mol. The molecule has 198 valence electrons. The van der Waals surface area contributed by atoms with E-state index in [1.54, 1.807) is 66.0 Å². The van der Waals surface area contributed by atoms with Crippen LogP contribution < -0.4 is 15.4 Å². The summed E-state index contributed by atoms with van der Waals surface area (Å²) in [4.78, 5) is 40.9. The van der Waals surface area contributed by atoms with Crippen LogP contribution in [0.1, 0.15) is 57.4 Å². The molecule has 0 aromatic heterocycles. The lowest BCUT2D eigenvalue weighted by atomic mass is 9.97. The molecule has 2 atom stereocenters. The number of carbonyl (C=O) groups is 3. The van der Waals surface area contributed by atoms with Crippen LogP contribution in [0.2, 0.25) is 0 Å². The van der Waals surface area contributed by atoms with Gasteiger partial charge in [0.2, 0.25) is 0 Å². The summed E-state index contributed by atoms with van der Waals surface area (Å²) in [5.74, 6) is -0.795. The first-order chi connectivity index (χ1) is 17.2. The zero-order valence-corrected chi connectivity index (χ0v) is 22.8. The molecule has 8 heteroatoms. The third kappa shape index (κ3) is 8.28. The van der Waals surface area contributed by atoms with Crippen molar-refractivity contribution in [3.05, 3.63) is 59.2 Å². The van der Waals surface area contributed by atoms with Crippen LogP contribution in [0.4, 0.5) is 10.5 Å². The minimum absolute atomic E-state index is 0.333. The van der Waals surface area contributed by atoms with Gasteiger partial charge in [0.25, 0.3) is 11.8 Å². The van der Waals surface area contributed by atoms with Gasteiger partial charge in [0.15, 0.2) is 0 Å². The molecule has 8 nitrogen and oxygen atoms in total. The van der Waals surface area contributed by atoms with Gasteiger partial charge in [0.05, 0.1) is 7.11 Å². The molecule has 0 fully saturated rings. The standard InChI is InChI=1S/C29H37N3O5/c1-10-32(27(34)24(18(2)3)31-28(35)37-29(6,7)8)25(21-16-19(4)15-20(5)17-21)26(33)30-22-11-13-23(36-9)14-12-22/h1,11-18,24-25H,2-9H3,(H,30,33)(H,31,35). The molecule has 2 unspecified atom stereocenters. The van der Waals surface area contributed by atoms with Gasteiger partial charge in [-0.2, -0.15) is 0 Å². The molecule has 0 aliphatic rings. The number of carbonyl (C=O) groups excluding carboxylic acids is 3. The smallest absolute Gasteiger partial charge is 0.408 e. The van der Waals surface area contributed by atoms with Crippen molar-refractivity contribution < 1.29 is 23.9 Å². The first kappa shape index (κ1) is 29.2. The van der Waals surface area contributed by atoms with Crippen LogP contribution in [0.15, 0.2) is 42.5 Å². The number of hydrogen-bond acceptors (Lipinski definition) is 5. The normalized spacial score (nSPS) is 12.6. The number of amides is 3. The number of aryl methyl sites for hydroxylation is 2. The number of alkyl carbamates (subject to hydrolysis) is 1. The van der Waals surface area contributed by atoms with Gasteiger partial charge in [0.1, 0.15) is 23.4 Å². The van der Waals surface area contributed by atoms with E-state index in [0.717, 1.165) is 16.0 Å². The van der Waals surface area contributed by atoms with Crippen LogP contribution in [0, 0.1) is 32.2 Å². The fourth-order valence-corrected chi connectivity index (χ4v) is 3.83. The molecule has 0 saturated carbocycles. The minimum atomic E-state index is -1.15. The molecule has 0 aliphatic heterocycles. The SMILES string of the molecule is C#CN(C(=O)C(NC(=O)OC(C)(C)C)C(C)C)C(C(=O)Nc1ccc(OC)cc1)c1cc(C)cc(C)c1. The van der Waals surface area contributed by atoms with Crippen LogP contribution in [-0.4, -0.2) is 41.6 Å². The van der Waals surface area contributed by atoms with E-state index in [1.807, 2.05) is 32.0 Å². The Balaban J connectivity index is 2.48. The molecule has 0 bridgehead atoms. The van der Waals surface area contributed by atoms with E-state index in [2.05, 4.69) is 16.7 Å². The van der Waals surface area contributed by atoms with Crippen molar-refractivity contribution in [3.63, 3.8) is 0 Å². The predicted molar refractivity (Wildman–Crippen MR) is 144 cm³/mol. The Kier molecular flexibility index (Phi) is 9.73. The second-order valence-electron chi connectivity index (χ2n) is 10.2. The largest absolute Gasteiger partial charge is 0.497 e. The van der Waals surface area contributed by atoms with E-state index in [9.17, 15) is 14.4 Å². The molecule has 2 aromatic rings. The molecule has 0 radical (unpaired) electrons. The number of nitrogens with one attached hydrogen (secondary N) is 2. The van der Waals surface area contributed by atoms with Gasteiger partial charge in [-0.1, -0.05) is 49.6 Å². The summed E-state index contributed by atoms with van der Waals surface area (Å²) in [5, 5.41) is 5.47. The van der Waals surface area contributed by atoms with Gasteiger partial charge in [-0.3, -0.25) is 14.5 Å². The number of benzene rings is 2. The second kappa shape index (κ2) is 12.3. The van der Waals surface area contributed by atoms with Gasteiger partial charge < -0.3 is 20.1 Å². The van der Waals surface area contributed by atoms with Gasteiger partial charge in [-0.05, 0) is 70.4 Å². The van der Waals surface area contributed by atoms with Crippen LogP contribution in [0.5, 0.6) is 5.75 Å². The maximum absolute atomic E-state index is 13.8. The van der Waals surface area contributed by atoms with Gasteiger partial charge in [-0.15, -0.1) is 0 Å². The molecule has 0 saturated heterocycles. The van der Waals surface area contributed by atoms with Crippen LogP contribution in [0.25, 0.3) is 0 Å². The Morgan fingerprint density at radius 3 is 2.03 bits per heavy atom. The average molecular weight is 508 g/mol. The van der Waals surface area contributed by atoms with E-state index in [0.29, 0.717) is 17.0 Å². The van der Waals surface area contributed by atoms with Crippen molar-refractivity contribution in [1.82, 2.24) is 10.2 Å². The Hall–Kier alpha value is -3.99. The molecule has 0 spiro atoms. The summed E-state index contributed by atoms with van der Waals surface area (Å²) in [6.07, 6.45) is 5.09. The van der Waals surface area contributed by atoms with Crippen molar-refractivity contribution in [2.24, 2.45) is 5.92 Å². The van der Waals surface area contributed by atoms with E-state index < -0.39 is 35.6 Å². The lowest BCUT2D eigenvalue weighted by molar-refractivity contribution is -0.137. The van der Waals surface area contributed by atoms with E-state index >= 15 is 0 Å². The zero-order chi connectivity index (χ0) is 27.9. The molecule has 0 aliphatic carbocycles. The summed E-state index contributed by atoms with van der Waals surface area (Å²) in [5.41, 5.74) is 2.13.